The number of ether oxygens (including phenoxy) is 1. The zero-order valence-corrected chi connectivity index (χ0v) is 23.0. The van der Waals surface area contributed by atoms with Crippen LogP contribution in [-0.2, 0) is 32.1 Å². The average molecular weight is 589 g/mol. The number of benzene rings is 2. The summed E-state index contributed by atoms with van der Waals surface area (Å²) in [6.45, 7) is 3.17. The second kappa shape index (κ2) is 11.7. The lowest BCUT2D eigenvalue weighted by atomic mass is 10.1. The Morgan fingerprint density at radius 2 is 1.78 bits per heavy atom. The van der Waals surface area contributed by atoms with E-state index >= 15 is 0 Å². The molecule has 41 heavy (non-hydrogen) atoms. The lowest BCUT2D eigenvalue weighted by Gasteiger charge is -2.17. The third kappa shape index (κ3) is 6.76. The highest BCUT2D eigenvalue weighted by atomic mass is 32.2. The van der Waals surface area contributed by atoms with E-state index in [0.717, 1.165) is 28.8 Å². The van der Waals surface area contributed by atoms with E-state index in [2.05, 4.69) is 5.32 Å². The van der Waals surface area contributed by atoms with Crippen molar-refractivity contribution in [3.05, 3.63) is 99.0 Å². The number of hydrogen-bond acceptors (Lipinski definition) is 6. The molecule has 0 spiro atoms. The largest absolute Gasteiger partial charge is 0.463 e. The van der Waals surface area contributed by atoms with Gasteiger partial charge in [-0.2, -0.15) is 13.2 Å². The van der Waals surface area contributed by atoms with Crippen LogP contribution in [0.2, 0.25) is 0 Å². The molecule has 8 nitrogen and oxygen atoms in total. The normalized spacial score (nSPS) is 13.8. The summed E-state index contributed by atoms with van der Waals surface area (Å²) < 4.78 is 70.9. The van der Waals surface area contributed by atoms with Gasteiger partial charge in [-0.3, -0.25) is 14.2 Å². The van der Waals surface area contributed by atoms with Crippen LogP contribution in [0.4, 0.5) is 13.2 Å². The number of halogens is 3. The van der Waals surface area contributed by atoms with Crippen LogP contribution >= 0.6 is 0 Å². The standard InChI is InChI=1S/C29H27F3N2O6S/c1-3-40-26(35)14-9-20-15-25(28(37)34(18(20)2)22-6-4-5-21(16-22)29(30,31)32)27(36)33-17-19-7-10-23(11-8-19)41(38,39)24-12-13-24/h4-11,14-16,24H,3,12-13,17H2,1-2H3,(H,33,36)/b14-9+. The van der Waals surface area contributed by atoms with Crippen molar-refractivity contribution in [2.45, 2.75) is 49.6 Å². The highest BCUT2D eigenvalue weighted by Crippen LogP contribution is 2.33. The van der Waals surface area contributed by atoms with Gasteiger partial charge in [0.25, 0.3) is 11.5 Å². The Labute approximate surface area is 234 Å². The average Bonchev–Trinajstić information content (AvgIpc) is 3.78. The summed E-state index contributed by atoms with van der Waals surface area (Å²) in [6.07, 6.45) is -1.00. The van der Waals surface area contributed by atoms with Gasteiger partial charge >= 0.3 is 12.1 Å². The SMILES string of the molecule is CCOC(=O)/C=C/c1cc(C(=O)NCc2ccc(S(=O)(=O)C3CC3)cc2)c(=O)n(-c2cccc(C(F)(F)F)c2)c1C. The fraction of sp³-hybridized carbons (Fsp3) is 0.276. The van der Waals surface area contributed by atoms with Crippen LogP contribution in [0.25, 0.3) is 11.8 Å². The van der Waals surface area contributed by atoms with Crippen molar-refractivity contribution in [3.8, 4) is 5.69 Å². The first-order chi connectivity index (χ1) is 19.3. The molecule has 2 aromatic carbocycles. The number of aromatic nitrogens is 1. The number of amides is 1. The van der Waals surface area contributed by atoms with Gasteiger partial charge < -0.3 is 10.1 Å². The molecular weight excluding hydrogens is 561 g/mol. The van der Waals surface area contributed by atoms with E-state index in [1.807, 2.05) is 0 Å². The van der Waals surface area contributed by atoms with Gasteiger partial charge in [0.15, 0.2) is 9.84 Å². The Morgan fingerprint density at radius 1 is 1.10 bits per heavy atom. The molecule has 1 saturated carbocycles. The van der Waals surface area contributed by atoms with E-state index in [0.29, 0.717) is 18.4 Å². The topological polar surface area (TPSA) is 112 Å². The number of rotatable bonds is 9. The maximum atomic E-state index is 13.5. The lowest BCUT2D eigenvalue weighted by Crippen LogP contribution is -2.33. The molecular formula is C29H27F3N2O6S. The number of pyridine rings is 1. The fourth-order valence-corrected chi connectivity index (χ4v) is 5.84. The Hall–Kier alpha value is -4.19. The summed E-state index contributed by atoms with van der Waals surface area (Å²) in [5.74, 6) is -1.49. The molecule has 3 aromatic rings. The van der Waals surface area contributed by atoms with Crippen molar-refractivity contribution in [1.82, 2.24) is 9.88 Å². The van der Waals surface area contributed by atoms with Crippen LogP contribution in [0.1, 0.15) is 52.5 Å². The quantitative estimate of drug-likeness (QED) is 0.289. The van der Waals surface area contributed by atoms with Crippen LogP contribution < -0.4 is 10.9 Å². The van der Waals surface area contributed by atoms with Gasteiger partial charge in [0.05, 0.1) is 22.3 Å². The number of esters is 1. The molecule has 12 heteroatoms. The third-order valence-electron chi connectivity index (χ3n) is 6.52. The van der Waals surface area contributed by atoms with E-state index in [1.54, 1.807) is 19.1 Å². The van der Waals surface area contributed by atoms with Crippen LogP contribution in [0, 0.1) is 6.92 Å². The lowest BCUT2D eigenvalue weighted by molar-refractivity contribution is -0.138. The van der Waals surface area contributed by atoms with Crippen LogP contribution in [0.15, 0.2) is 70.4 Å². The molecule has 1 N–H and O–H groups in total. The highest BCUT2D eigenvalue weighted by Gasteiger charge is 2.36. The third-order valence-corrected chi connectivity index (χ3v) is 8.79. The van der Waals surface area contributed by atoms with Gasteiger partial charge in [-0.1, -0.05) is 18.2 Å². The van der Waals surface area contributed by atoms with Crippen LogP contribution in [0.3, 0.4) is 0 Å². The molecule has 0 radical (unpaired) electrons. The van der Waals surface area contributed by atoms with E-state index in [1.165, 1.54) is 37.3 Å². The number of alkyl halides is 3. The van der Waals surface area contributed by atoms with E-state index in [4.69, 9.17) is 4.74 Å². The number of hydrogen-bond donors (Lipinski definition) is 1. The predicted octanol–water partition coefficient (Wildman–Crippen LogP) is 4.61. The van der Waals surface area contributed by atoms with Crippen molar-refractivity contribution in [2.24, 2.45) is 0 Å². The van der Waals surface area contributed by atoms with Crippen molar-refractivity contribution >= 4 is 27.8 Å². The van der Waals surface area contributed by atoms with E-state index < -0.39 is 39.0 Å². The summed E-state index contributed by atoms with van der Waals surface area (Å²) >= 11 is 0. The highest BCUT2D eigenvalue weighted by molar-refractivity contribution is 7.92. The van der Waals surface area contributed by atoms with Gasteiger partial charge in [0.2, 0.25) is 0 Å². The van der Waals surface area contributed by atoms with Gasteiger partial charge in [0, 0.05) is 24.0 Å². The molecule has 216 valence electrons. The van der Waals surface area contributed by atoms with E-state index in [-0.39, 0.29) is 45.8 Å². The first-order valence-electron chi connectivity index (χ1n) is 12.7. The van der Waals surface area contributed by atoms with Gasteiger partial charge in [-0.05, 0) is 80.3 Å². The van der Waals surface area contributed by atoms with Gasteiger partial charge in [-0.15, -0.1) is 0 Å². The summed E-state index contributed by atoms with van der Waals surface area (Å²) in [5.41, 5.74) is -1.33. The van der Waals surface area contributed by atoms with E-state index in [9.17, 15) is 36.0 Å². The van der Waals surface area contributed by atoms with Crippen molar-refractivity contribution in [2.75, 3.05) is 6.61 Å². The second-order valence-electron chi connectivity index (χ2n) is 9.44. The van der Waals surface area contributed by atoms with Crippen molar-refractivity contribution < 1.29 is 35.9 Å². The molecule has 1 aromatic heterocycles. The maximum absolute atomic E-state index is 13.5. The fourth-order valence-electron chi connectivity index (χ4n) is 4.18. The number of sulfone groups is 1. The Morgan fingerprint density at radius 3 is 2.39 bits per heavy atom. The van der Waals surface area contributed by atoms with Gasteiger partial charge in [0.1, 0.15) is 5.56 Å². The molecule has 1 fully saturated rings. The Kier molecular flexibility index (Phi) is 8.52. The zero-order valence-electron chi connectivity index (χ0n) is 22.2. The number of nitrogens with one attached hydrogen (secondary N) is 1. The molecule has 0 atom stereocenters. The van der Waals surface area contributed by atoms with Gasteiger partial charge in [-0.25, -0.2) is 13.2 Å². The molecule has 1 aliphatic carbocycles. The molecule has 0 aliphatic heterocycles. The second-order valence-corrected chi connectivity index (χ2v) is 11.7. The van der Waals surface area contributed by atoms with Crippen LogP contribution in [-0.4, -0.2) is 36.7 Å². The minimum Gasteiger partial charge on any atom is -0.463 e. The predicted molar refractivity (Wildman–Crippen MR) is 145 cm³/mol. The molecule has 1 aliphatic rings. The van der Waals surface area contributed by atoms with Crippen molar-refractivity contribution in [1.29, 1.82) is 0 Å². The molecule has 0 saturated heterocycles. The summed E-state index contributed by atoms with van der Waals surface area (Å²) in [4.78, 5) is 38.7. The Bertz CT molecular complexity index is 1670. The smallest absolute Gasteiger partial charge is 0.416 e. The number of carbonyl (C=O) groups excluding carboxylic acids is 2. The molecule has 0 bridgehead atoms. The molecule has 1 heterocycles. The number of carbonyl (C=O) groups is 2. The molecule has 0 unspecified atom stereocenters. The maximum Gasteiger partial charge on any atom is 0.416 e. The summed E-state index contributed by atoms with van der Waals surface area (Å²) in [6, 6.07) is 11.4. The minimum atomic E-state index is -4.66. The summed E-state index contributed by atoms with van der Waals surface area (Å²) in [7, 11) is -3.37. The Balaban J connectivity index is 1.68. The minimum absolute atomic E-state index is 0.0482. The molecule has 4 rings (SSSR count). The van der Waals surface area contributed by atoms with Crippen LogP contribution in [0.5, 0.6) is 0 Å². The first-order valence-corrected chi connectivity index (χ1v) is 14.3. The zero-order chi connectivity index (χ0) is 29.9. The first kappa shape index (κ1) is 29.8. The number of nitrogens with zero attached hydrogens (tertiary/aromatic N) is 1. The monoisotopic (exact) mass is 588 g/mol. The van der Waals surface area contributed by atoms with Crippen molar-refractivity contribution in [3.63, 3.8) is 0 Å². The summed E-state index contributed by atoms with van der Waals surface area (Å²) in [5, 5.41) is 2.24. The molecule has 1 amide bonds.